The fraction of sp³-hybridized carbons (Fsp3) is 0.429. The van der Waals surface area contributed by atoms with Crippen molar-refractivity contribution in [1.82, 2.24) is 14.8 Å². The Morgan fingerprint density at radius 3 is 2.45 bits per heavy atom. The number of ether oxygens (including phenoxy) is 1. The summed E-state index contributed by atoms with van der Waals surface area (Å²) in [5.41, 5.74) is 6.93. The molecule has 0 unspecified atom stereocenters. The first kappa shape index (κ1) is 14.7. The van der Waals surface area contributed by atoms with E-state index in [4.69, 9.17) is 22.1 Å². The maximum absolute atomic E-state index is 6.10. The van der Waals surface area contributed by atoms with Crippen LogP contribution in [0.5, 0.6) is 5.75 Å². The van der Waals surface area contributed by atoms with Crippen molar-refractivity contribution in [3.8, 4) is 17.1 Å². The molecule has 0 atom stereocenters. The summed E-state index contributed by atoms with van der Waals surface area (Å²) in [6, 6.07) is 3.45. The van der Waals surface area contributed by atoms with E-state index in [0.29, 0.717) is 22.3 Å². The number of nitrogen functional groups attached to an aromatic ring is 1. The summed E-state index contributed by atoms with van der Waals surface area (Å²) in [5.74, 6) is 2.10. The van der Waals surface area contributed by atoms with Gasteiger partial charge < -0.3 is 10.5 Å². The van der Waals surface area contributed by atoms with Crippen LogP contribution in [0.2, 0.25) is 5.02 Å². The lowest BCUT2D eigenvalue weighted by molar-refractivity contribution is 0.416. The summed E-state index contributed by atoms with van der Waals surface area (Å²) in [5, 5.41) is 4.93. The second-order valence-corrected chi connectivity index (χ2v) is 6.11. The molecule has 2 N–H and O–H groups in total. The molecule has 0 aliphatic carbocycles. The number of hydrogen-bond acceptors (Lipinski definition) is 4. The minimum atomic E-state index is -0.124. The first-order valence-corrected chi connectivity index (χ1v) is 6.66. The van der Waals surface area contributed by atoms with Crippen LogP contribution in [0.1, 0.15) is 26.6 Å². The summed E-state index contributed by atoms with van der Waals surface area (Å²) in [6.07, 6.45) is 0. The maximum Gasteiger partial charge on any atom is 0.161 e. The Morgan fingerprint density at radius 1 is 1.30 bits per heavy atom. The largest absolute Gasteiger partial charge is 0.496 e. The Labute approximate surface area is 123 Å². The van der Waals surface area contributed by atoms with Crippen molar-refractivity contribution in [1.29, 1.82) is 0 Å². The predicted octanol–water partition coefficient (Wildman–Crippen LogP) is 3.02. The summed E-state index contributed by atoms with van der Waals surface area (Å²) >= 11 is 6.10. The molecule has 5 nitrogen and oxygen atoms in total. The van der Waals surface area contributed by atoms with Crippen LogP contribution in [0.4, 0.5) is 5.69 Å². The Bertz CT molecular complexity index is 643. The molecule has 1 aromatic carbocycles. The standard InChI is InChI=1S/C14H19ClN4O/c1-14(2,3)13-17-12(19(4)18-13)8-6-9(15)10(16)7-11(8)20-5/h6-7H,16H2,1-5H3. The lowest BCUT2D eigenvalue weighted by Crippen LogP contribution is -2.13. The number of benzene rings is 1. The zero-order chi connectivity index (χ0) is 15.1. The van der Waals surface area contributed by atoms with Gasteiger partial charge in [-0.1, -0.05) is 32.4 Å². The van der Waals surface area contributed by atoms with Crippen molar-refractivity contribution in [2.24, 2.45) is 7.05 Å². The van der Waals surface area contributed by atoms with Crippen molar-refractivity contribution in [2.75, 3.05) is 12.8 Å². The van der Waals surface area contributed by atoms with E-state index in [2.05, 4.69) is 30.9 Å². The average Bonchev–Trinajstić information content (AvgIpc) is 2.74. The van der Waals surface area contributed by atoms with Gasteiger partial charge in [0.2, 0.25) is 0 Å². The van der Waals surface area contributed by atoms with Crippen molar-refractivity contribution < 1.29 is 4.74 Å². The third-order valence-corrected chi connectivity index (χ3v) is 3.32. The molecule has 108 valence electrons. The first-order valence-electron chi connectivity index (χ1n) is 6.29. The topological polar surface area (TPSA) is 66.0 Å². The number of anilines is 1. The van der Waals surface area contributed by atoms with E-state index >= 15 is 0 Å². The molecule has 6 heteroatoms. The van der Waals surface area contributed by atoms with Gasteiger partial charge in [-0.3, -0.25) is 0 Å². The van der Waals surface area contributed by atoms with Gasteiger partial charge in [0.15, 0.2) is 11.6 Å². The lowest BCUT2D eigenvalue weighted by Gasteiger charge is -2.12. The molecule has 2 rings (SSSR count). The molecular weight excluding hydrogens is 276 g/mol. The Kier molecular flexibility index (Phi) is 3.65. The minimum Gasteiger partial charge on any atom is -0.496 e. The van der Waals surface area contributed by atoms with E-state index in [0.717, 1.165) is 11.4 Å². The molecule has 0 spiro atoms. The summed E-state index contributed by atoms with van der Waals surface area (Å²) in [6.45, 7) is 6.21. The van der Waals surface area contributed by atoms with Crippen molar-refractivity contribution in [3.05, 3.63) is 23.0 Å². The number of aromatic nitrogens is 3. The van der Waals surface area contributed by atoms with Crippen molar-refractivity contribution in [2.45, 2.75) is 26.2 Å². The predicted molar refractivity (Wildman–Crippen MR) is 81.1 cm³/mol. The number of halogens is 1. The quantitative estimate of drug-likeness (QED) is 0.865. The summed E-state index contributed by atoms with van der Waals surface area (Å²) in [4.78, 5) is 4.60. The molecule has 1 heterocycles. The monoisotopic (exact) mass is 294 g/mol. The summed E-state index contributed by atoms with van der Waals surface area (Å²) < 4.78 is 7.09. The van der Waals surface area contributed by atoms with Crippen molar-refractivity contribution in [3.63, 3.8) is 0 Å². The van der Waals surface area contributed by atoms with Gasteiger partial charge in [0.1, 0.15) is 5.75 Å². The van der Waals surface area contributed by atoms with Crippen LogP contribution in [-0.4, -0.2) is 21.9 Å². The number of methoxy groups -OCH3 is 1. The van der Waals surface area contributed by atoms with Gasteiger partial charge in [0, 0.05) is 18.5 Å². The van der Waals surface area contributed by atoms with Crippen LogP contribution >= 0.6 is 11.6 Å². The third kappa shape index (κ3) is 2.58. The highest BCUT2D eigenvalue weighted by atomic mass is 35.5. The second kappa shape index (κ2) is 4.98. The maximum atomic E-state index is 6.10. The Morgan fingerprint density at radius 2 is 1.95 bits per heavy atom. The second-order valence-electron chi connectivity index (χ2n) is 5.71. The van der Waals surface area contributed by atoms with Gasteiger partial charge in [-0.25, -0.2) is 9.67 Å². The zero-order valence-corrected chi connectivity index (χ0v) is 13.1. The Hall–Kier alpha value is -1.75. The fourth-order valence-corrected chi connectivity index (χ4v) is 2.01. The third-order valence-electron chi connectivity index (χ3n) is 2.99. The van der Waals surface area contributed by atoms with Crippen LogP contribution in [0.25, 0.3) is 11.4 Å². The van der Waals surface area contributed by atoms with Gasteiger partial charge in [0.05, 0.1) is 23.4 Å². The van der Waals surface area contributed by atoms with E-state index < -0.39 is 0 Å². The van der Waals surface area contributed by atoms with Crippen molar-refractivity contribution >= 4 is 17.3 Å². The molecular formula is C14H19ClN4O. The fourth-order valence-electron chi connectivity index (χ4n) is 1.85. The lowest BCUT2D eigenvalue weighted by atomic mass is 9.96. The molecule has 0 saturated carbocycles. The highest BCUT2D eigenvalue weighted by Gasteiger charge is 2.23. The van der Waals surface area contributed by atoms with E-state index in [9.17, 15) is 0 Å². The number of aryl methyl sites for hydroxylation is 1. The molecule has 0 aliphatic rings. The van der Waals surface area contributed by atoms with Gasteiger partial charge in [-0.05, 0) is 6.07 Å². The SMILES string of the molecule is COc1cc(N)c(Cl)cc1-c1nc(C(C)(C)C)nn1C. The molecule has 2 aromatic rings. The minimum absolute atomic E-state index is 0.124. The molecule has 0 bridgehead atoms. The summed E-state index contributed by atoms with van der Waals surface area (Å²) in [7, 11) is 3.44. The molecule has 0 radical (unpaired) electrons. The normalized spacial score (nSPS) is 11.7. The molecule has 0 aliphatic heterocycles. The number of nitrogens with zero attached hydrogens (tertiary/aromatic N) is 3. The van der Waals surface area contributed by atoms with Gasteiger partial charge >= 0.3 is 0 Å². The average molecular weight is 295 g/mol. The number of hydrogen-bond donors (Lipinski definition) is 1. The molecule has 0 fully saturated rings. The Balaban J connectivity index is 2.63. The van der Waals surface area contributed by atoms with Crippen LogP contribution in [0.15, 0.2) is 12.1 Å². The number of rotatable bonds is 2. The highest BCUT2D eigenvalue weighted by molar-refractivity contribution is 6.33. The van der Waals surface area contributed by atoms with E-state index in [-0.39, 0.29) is 5.41 Å². The van der Waals surface area contributed by atoms with E-state index in [1.54, 1.807) is 23.9 Å². The van der Waals surface area contributed by atoms with E-state index in [1.807, 2.05) is 7.05 Å². The molecule has 0 amide bonds. The first-order chi connectivity index (χ1) is 9.24. The molecule has 1 aromatic heterocycles. The highest BCUT2D eigenvalue weighted by Crippen LogP contribution is 2.35. The zero-order valence-electron chi connectivity index (χ0n) is 12.4. The van der Waals surface area contributed by atoms with Crippen LogP contribution < -0.4 is 10.5 Å². The van der Waals surface area contributed by atoms with Gasteiger partial charge in [0.25, 0.3) is 0 Å². The van der Waals surface area contributed by atoms with Crippen LogP contribution in [0.3, 0.4) is 0 Å². The molecule has 0 saturated heterocycles. The smallest absolute Gasteiger partial charge is 0.161 e. The van der Waals surface area contributed by atoms with Gasteiger partial charge in [-0.15, -0.1) is 0 Å². The molecule has 20 heavy (non-hydrogen) atoms. The van der Waals surface area contributed by atoms with Crippen LogP contribution in [0, 0.1) is 0 Å². The van der Waals surface area contributed by atoms with Gasteiger partial charge in [-0.2, -0.15) is 5.10 Å². The number of nitrogens with two attached hydrogens (primary N) is 1. The van der Waals surface area contributed by atoms with E-state index in [1.165, 1.54) is 0 Å². The van der Waals surface area contributed by atoms with Crippen LogP contribution in [-0.2, 0) is 12.5 Å².